The van der Waals surface area contributed by atoms with Crippen LogP contribution in [0, 0.1) is 21.7 Å². The minimum Gasteiger partial charge on any atom is -0.431 e. The predicted octanol–water partition coefficient (Wildman–Crippen LogP) is 8.89. The standard InChI is InChI=1S/C32H60O12/c1-26(2,3)17-29(10,11)42-39-23(33)36-20-32(16,21-37-24(34)40-43-30(12,13)18-27(4,5)6)22-38-25(35)41-44-31(14,15)19-28(7,8)9/h17-22H2,1-16H3. The molecule has 0 spiro atoms. The summed E-state index contributed by atoms with van der Waals surface area (Å²) < 4.78 is 15.7. The predicted molar refractivity (Wildman–Crippen MR) is 163 cm³/mol. The van der Waals surface area contributed by atoms with Crippen LogP contribution in [-0.4, -0.2) is 55.1 Å². The van der Waals surface area contributed by atoms with Crippen LogP contribution in [0.1, 0.15) is 130 Å². The fraction of sp³-hybridized carbons (Fsp3) is 0.906. The molecule has 0 N–H and O–H groups in total. The summed E-state index contributed by atoms with van der Waals surface area (Å²) in [4.78, 5) is 67.6. The number of carbonyl (C=O) groups is 3. The summed E-state index contributed by atoms with van der Waals surface area (Å²) >= 11 is 0. The number of hydrogen-bond acceptors (Lipinski definition) is 12. The Balaban J connectivity index is 5.31. The molecular weight excluding hydrogens is 576 g/mol. The second-order valence-electron chi connectivity index (χ2n) is 17.4. The van der Waals surface area contributed by atoms with Crippen molar-refractivity contribution in [1.82, 2.24) is 0 Å². The topological polar surface area (TPSA) is 134 Å². The minimum absolute atomic E-state index is 0.0788. The molecule has 0 bridgehead atoms. The van der Waals surface area contributed by atoms with Gasteiger partial charge in [0.15, 0.2) is 0 Å². The Kier molecular flexibility index (Phi) is 15.0. The van der Waals surface area contributed by atoms with Crippen molar-refractivity contribution in [3.63, 3.8) is 0 Å². The first kappa shape index (κ1) is 41.7. The number of rotatable bonds is 15. The Morgan fingerprint density at radius 1 is 0.386 bits per heavy atom. The van der Waals surface area contributed by atoms with Gasteiger partial charge in [0.25, 0.3) is 0 Å². The van der Waals surface area contributed by atoms with Gasteiger partial charge in [-0.15, -0.1) is 0 Å². The molecule has 0 atom stereocenters. The average Bonchev–Trinajstić information content (AvgIpc) is 2.77. The van der Waals surface area contributed by atoms with E-state index in [1.807, 2.05) is 62.3 Å². The van der Waals surface area contributed by atoms with Crippen molar-refractivity contribution in [2.75, 3.05) is 19.8 Å². The van der Waals surface area contributed by atoms with Crippen LogP contribution in [0.5, 0.6) is 0 Å². The van der Waals surface area contributed by atoms with E-state index in [0.717, 1.165) is 0 Å². The fourth-order valence-corrected chi connectivity index (χ4v) is 5.26. The Morgan fingerprint density at radius 2 is 0.591 bits per heavy atom. The van der Waals surface area contributed by atoms with Crippen LogP contribution in [-0.2, 0) is 43.5 Å². The lowest BCUT2D eigenvalue weighted by atomic mass is 9.84. The third-order valence-corrected chi connectivity index (χ3v) is 5.49. The molecule has 0 rings (SSSR count). The fourth-order valence-electron chi connectivity index (χ4n) is 5.26. The lowest BCUT2D eigenvalue weighted by molar-refractivity contribution is -0.327. The Hall–Kier alpha value is -2.31. The molecular formula is C32H60O12. The summed E-state index contributed by atoms with van der Waals surface area (Å²) in [5.41, 5.74) is -3.81. The number of carbonyl (C=O) groups excluding carboxylic acids is 3. The van der Waals surface area contributed by atoms with Gasteiger partial charge in [-0.3, -0.25) is 14.7 Å². The molecule has 0 saturated heterocycles. The highest BCUT2D eigenvalue weighted by Gasteiger charge is 2.35. The Bertz CT molecular complexity index is 800. The van der Waals surface area contributed by atoms with E-state index in [-0.39, 0.29) is 36.1 Å². The summed E-state index contributed by atoms with van der Waals surface area (Å²) in [5, 5.41) is 0. The van der Waals surface area contributed by atoms with Gasteiger partial charge in [0.2, 0.25) is 0 Å². The molecule has 0 amide bonds. The van der Waals surface area contributed by atoms with E-state index in [1.165, 1.54) is 0 Å². The molecule has 0 fully saturated rings. The summed E-state index contributed by atoms with van der Waals surface area (Å²) in [6.45, 7) is 29.4. The van der Waals surface area contributed by atoms with Gasteiger partial charge in [-0.1, -0.05) is 62.3 Å². The molecule has 0 heterocycles. The number of ether oxygens (including phenoxy) is 3. The lowest BCUT2D eigenvalue weighted by Crippen LogP contribution is -2.38. The maximum Gasteiger partial charge on any atom is 0.540 e. The maximum atomic E-state index is 12.4. The maximum absolute atomic E-state index is 12.4. The Morgan fingerprint density at radius 3 is 0.773 bits per heavy atom. The van der Waals surface area contributed by atoms with Crippen molar-refractivity contribution < 1.29 is 57.9 Å². The van der Waals surface area contributed by atoms with Crippen LogP contribution < -0.4 is 0 Å². The number of hydrogen-bond donors (Lipinski definition) is 0. The molecule has 0 aromatic carbocycles. The second-order valence-corrected chi connectivity index (χ2v) is 17.4. The van der Waals surface area contributed by atoms with Crippen LogP contribution in [0.25, 0.3) is 0 Å². The van der Waals surface area contributed by atoms with Crippen molar-refractivity contribution in [3.05, 3.63) is 0 Å². The van der Waals surface area contributed by atoms with E-state index in [1.54, 1.807) is 48.5 Å². The van der Waals surface area contributed by atoms with Crippen molar-refractivity contribution in [1.29, 1.82) is 0 Å². The highest BCUT2D eigenvalue weighted by atomic mass is 17.2. The molecule has 12 heteroatoms. The first-order valence-corrected chi connectivity index (χ1v) is 15.0. The zero-order valence-corrected chi connectivity index (χ0v) is 30.1. The summed E-state index contributed by atoms with van der Waals surface area (Å²) in [6.07, 6.45) is -1.57. The minimum atomic E-state index is -1.25. The highest BCUT2D eigenvalue weighted by Crippen LogP contribution is 2.32. The van der Waals surface area contributed by atoms with Gasteiger partial charge in [-0.25, -0.2) is 14.4 Å². The molecule has 0 aliphatic rings. The van der Waals surface area contributed by atoms with Crippen molar-refractivity contribution in [2.24, 2.45) is 21.7 Å². The molecule has 0 unspecified atom stereocenters. The molecule has 44 heavy (non-hydrogen) atoms. The monoisotopic (exact) mass is 636 g/mol. The first-order valence-electron chi connectivity index (χ1n) is 15.0. The third kappa shape index (κ3) is 22.2. The molecule has 0 aromatic rings. The molecule has 0 aliphatic heterocycles. The van der Waals surface area contributed by atoms with Gasteiger partial charge < -0.3 is 14.2 Å². The van der Waals surface area contributed by atoms with Crippen LogP contribution in [0.3, 0.4) is 0 Å². The van der Waals surface area contributed by atoms with E-state index in [2.05, 4.69) is 0 Å². The van der Waals surface area contributed by atoms with Crippen molar-refractivity contribution >= 4 is 18.5 Å². The van der Waals surface area contributed by atoms with E-state index in [0.29, 0.717) is 19.3 Å². The van der Waals surface area contributed by atoms with E-state index < -0.39 is 40.7 Å². The van der Waals surface area contributed by atoms with Crippen molar-refractivity contribution in [2.45, 2.75) is 147 Å². The summed E-state index contributed by atoms with van der Waals surface area (Å²) in [7, 11) is 0. The molecule has 0 aromatic heterocycles. The van der Waals surface area contributed by atoms with Gasteiger partial charge in [-0.05, 0) is 84.0 Å². The highest BCUT2D eigenvalue weighted by molar-refractivity contribution is 5.60. The normalized spacial score (nSPS) is 13.6. The van der Waals surface area contributed by atoms with Crippen LogP contribution >= 0.6 is 0 Å². The summed E-state index contributed by atoms with van der Waals surface area (Å²) in [6, 6.07) is 0. The molecule has 12 nitrogen and oxygen atoms in total. The molecule has 0 radical (unpaired) electrons. The quantitative estimate of drug-likeness (QED) is 0.0735. The van der Waals surface area contributed by atoms with E-state index in [9.17, 15) is 14.4 Å². The lowest BCUT2D eigenvalue weighted by Gasteiger charge is -2.31. The average molecular weight is 637 g/mol. The molecule has 260 valence electrons. The first-order chi connectivity index (χ1) is 19.4. The largest absolute Gasteiger partial charge is 0.540 e. The zero-order chi connectivity index (χ0) is 34.8. The SMILES string of the molecule is CC(C)(C)CC(C)(C)OOC(=O)OCC(C)(COC(=O)OOC(C)(C)CC(C)(C)C)COC(=O)OOC(C)(C)CC(C)(C)C. The van der Waals surface area contributed by atoms with E-state index >= 15 is 0 Å². The van der Waals surface area contributed by atoms with Gasteiger partial charge in [0, 0.05) is 0 Å². The molecule has 0 saturated carbocycles. The van der Waals surface area contributed by atoms with E-state index in [4.69, 9.17) is 43.5 Å². The van der Waals surface area contributed by atoms with Crippen LogP contribution in [0.4, 0.5) is 14.4 Å². The summed E-state index contributed by atoms with van der Waals surface area (Å²) in [5.74, 6) is 0. The zero-order valence-electron chi connectivity index (χ0n) is 30.1. The van der Waals surface area contributed by atoms with Crippen LogP contribution in [0.2, 0.25) is 0 Å². The van der Waals surface area contributed by atoms with Gasteiger partial charge in [0.1, 0.15) is 36.6 Å². The van der Waals surface area contributed by atoms with Gasteiger partial charge in [-0.2, -0.15) is 14.7 Å². The van der Waals surface area contributed by atoms with Gasteiger partial charge in [0.05, 0.1) is 5.41 Å². The van der Waals surface area contributed by atoms with Crippen LogP contribution in [0.15, 0.2) is 0 Å². The molecule has 0 aliphatic carbocycles. The Labute approximate surface area is 264 Å². The smallest absolute Gasteiger partial charge is 0.431 e. The van der Waals surface area contributed by atoms with Gasteiger partial charge >= 0.3 is 18.5 Å². The van der Waals surface area contributed by atoms with Crippen molar-refractivity contribution in [3.8, 4) is 0 Å². The second kappa shape index (κ2) is 15.8. The third-order valence-electron chi connectivity index (χ3n) is 5.49.